The first kappa shape index (κ1) is 30.4. The van der Waals surface area contributed by atoms with Crippen molar-refractivity contribution in [2.24, 2.45) is 5.41 Å². The van der Waals surface area contributed by atoms with Gasteiger partial charge in [-0.1, -0.05) is 36.4 Å². The van der Waals surface area contributed by atoms with E-state index in [-0.39, 0.29) is 34.8 Å². The summed E-state index contributed by atoms with van der Waals surface area (Å²) in [6.45, 7) is 6.46. The maximum Gasteiger partial charge on any atom is 0.429 e. The molecule has 3 heterocycles. The van der Waals surface area contributed by atoms with Crippen LogP contribution in [0, 0.1) is 5.41 Å². The Morgan fingerprint density at radius 2 is 1.70 bits per heavy atom. The van der Waals surface area contributed by atoms with E-state index in [1.165, 1.54) is 18.2 Å². The smallest absolute Gasteiger partial charge is 0.429 e. The van der Waals surface area contributed by atoms with Gasteiger partial charge in [0.1, 0.15) is 17.6 Å². The van der Waals surface area contributed by atoms with Gasteiger partial charge in [-0.25, -0.2) is 0 Å². The molecule has 12 heteroatoms. The maximum absolute atomic E-state index is 14.2. The maximum atomic E-state index is 14.2. The number of carbonyl (C=O) groups is 1. The number of hydrogen-bond acceptors (Lipinski definition) is 9. The number of carbonyl (C=O) groups excluding carboxylic acids is 1. The van der Waals surface area contributed by atoms with Crippen molar-refractivity contribution in [3.05, 3.63) is 60.2 Å². The SMILES string of the molecule is CCOC(=O)C1CC2(CCN(c3cc(O[C@H](c4ccc(-c5ccc(OCC)cc5)cc4)C(F)(F)F)nc(N)n3)CC2)CN1. The number of anilines is 2. The van der Waals surface area contributed by atoms with Crippen molar-refractivity contribution in [2.45, 2.75) is 51.4 Å². The molecule has 9 nitrogen and oxygen atoms in total. The summed E-state index contributed by atoms with van der Waals surface area (Å²) in [7, 11) is 0. The Balaban J connectivity index is 1.28. The number of esters is 1. The number of rotatable bonds is 9. The molecule has 1 unspecified atom stereocenters. The molecule has 0 aliphatic carbocycles. The van der Waals surface area contributed by atoms with E-state index < -0.39 is 12.3 Å². The molecule has 1 spiro atoms. The van der Waals surface area contributed by atoms with Crippen LogP contribution in [0.1, 0.15) is 44.8 Å². The first-order valence-corrected chi connectivity index (χ1v) is 14.5. The Morgan fingerprint density at radius 1 is 1.05 bits per heavy atom. The van der Waals surface area contributed by atoms with Crippen LogP contribution in [0.4, 0.5) is 24.9 Å². The number of nitrogen functional groups attached to an aromatic ring is 1. The average Bonchev–Trinajstić information content (AvgIpc) is 3.40. The highest BCUT2D eigenvalue weighted by molar-refractivity contribution is 5.76. The van der Waals surface area contributed by atoms with Gasteiger partial charge in [-0.2, -0.15) is 23.1 Å². The van der Waals surface area contributed by atoms with E-state index in [1.807, 2.05) is 36.1 Å². The van der Waals surface area contributed by atoms with Crippen molar-refractivity contribution in [3.63, 3.8) is 0 Å². The predicted octanol–water partition coefficient (Wildman–Crippen LogP) is 5.32. The van der Waals surface area contributed by atoms with E-state index in [1.54, 1.807) is 19.1 Å². The summed E-state index contributed by atoms with van der Waals surface area (Å²) in [6, 6.07) is 14.5. The van der Waals surface area contributed by atoms with E-state index >= 15 is 0 Å². The molecule has 0 amide bonds. The van der Waals surface area contributed by atoms with Crippen molar-refractivity contribution in [1.29, 1.82) is 0 Å². The van der Waals surface area contributed by atoms with Crippen molar-refractivity contribution >= 4 is 17.7 Å². The number of hydrogen-bond donors (Lipinski definition) is 2. The topological polar surface area (TPSA) is 112 Å². The third-order valence-corrected chi connectivity index (χ3v) is 8.03. The monoisotopic (exact) mass is 599 g/mol. The predicted molar refractivity (Wildman–Crippen MR) is 156 cm³/mol. The lowest BCUT2D eigenvalue weighted by atomic mass is 9.76. The molecular weight excluding hydrogens is 563 g/mol. The first-order valence-electron chi connectivity index (χ1n) is 14.5. The Bertz CT molecular complexity index is 1390. The van der Waals surface area contributed by atoms with Gasteiger partial charge in [-0.3, -0.25) is 4.79 Å². The van der Waals surface area contributed by atoms with E-state index in [9.17, 15) is 18.0 Å². The van der Waals surface area contributed by atoms with Crippen LogP contribution in [0.5, 0.6) is 11.6 Å². The molecule has 2 aliphatic heterocycles. The molecule has 230 valence electrons. The second-order valence-corrected chi connectivity index (χ2v) is 10.9. The molecule has 5 rings (SSSR count). The number of nitrogens with one attached hydrogen (secondary N) is 1. The van der Waals surface area contributed by atoms with Crippen molar-refractivity contribution in [3.8, 4) is 22.8 Å². The minimum absolute atomic E-state index is 0.0509. The molecule has 2 saturated heterocycles. The third kappa shape index (κ3) is 7.12. The van der Waals surface area contributed by atoms with Gasteiger partial charge in [-0.05, 0) is 61.8 Å². The van der Waals surface area contributed by atoms with E-state index in [4.69, 9.17) is 19.9 Å². The number of nitrogens with two attached hydrogens (primary N) is 1. The Hall–Kier alpha value is -4.06. The molecule has 1 aromatic heterocycles. The van der Waals surface area contributed by atoms with Crippen LogP contribution in [0.15, 0.2) is 54.6 Å². The molecule has 0 bridgehead atoms. The van der Waals surface area contributed by atoms with Gasteiger partial charge in [-0.15, -0.1) is 0 Å². The number of aromatic nitrogens is 2. The molecule has 2 aromatic carbocycles. The van der Waals surface area contributed by atoms with Gasteiger partial charge in [0.2, 0.25) is 17.9 Å². The number of alkyl halides is 3. The molecule has 2 fully saturated rings. The van der Waals surface area contributed by atoms with Crippen LogP contribution in [0.2, 0.25) is 0 Å². The highest BCUT2D eigenvalue weighted by atomic mass is 19.4. The van der Waals surface area contributed by atoms with Crippen molar-refractivity contribution in [2.75, 3.05) is 43.5 Å². The number of nitrogens with zero attached hydrogens (tertiary/aromatic N) is 3. The van der Waals surface area contributed by atoms with Gasteiger partial charge >= 0.3 is 12.1 Å². The summed E-state index contributed by atoms with van der Waals surface area (Å²) < 4.78 is 58.8. The van der Waals surface area contributed by atoms with E-state index in [2.05, 4.69) is 15.3 Å². The van der Waals surface area contributed by atoms with E-state index in [0.29, 0.717) is 45.1 Å². The fraction of sp³-hybridized carbons (Fsp3) is 0.452. The van der Waals surface area contributed by atoms with Crippen LogP contribution in [0.25, 0.3) is 11.1 Å². The molecule has 0 radical (unpaired) electrons. The van der Waals surface area contributed by atoms with Gasteiger partial charge in [0, 0.05) is 31.3 Å². The van der Waals surface area contributed by atoms with Gasteiger partial charge in [0.15, 0.2) is 0 Å². The molecular formula is C31H36F3N5O4. The van der Waals surface area contributed by atoms with E-state index in [0.717, 1.165) is 29.7 Å². The quantitative estimate of drug-likeness (QED) is 0.316. The Kier molecular flexibility index (Phi) is 8.95. The molecule has 0 saturated carbocycles. The van der Waals surface area contributed by atoms with Crippen LogP contribution >= 0.6 is 0 Å². The lowest BCUT2D eigenvalue weighted by Gasteiger charge is -2.39. The standard InChI is InChI=1S/C31H36F3N5O4/c1-3-41-23-11-9-21(10-12-23)20-5-7-22(8-6-20)27(31(32,33)34)43-26-17-25(37-29(35)38-26)39-15-13-30(14-16-39)18-24(36-19-30)28(40)42-4-2/h5-12,17,24,27,36H,3-4,13-16,18-19H2,1-2H3,(H2,35,37,38)/t24?,27-/m1/s1. The normalized spacial score (nSPS) is 18.8. The zero-order valence-corrected chi connectivity index (χ0v) is 24.2. The number of piperidine rings is 1. The van der Waals surface area contributed by atoms with Crippen LogP contribution in [-0.4, -0.2) is 61.0 Å². The van der Waals surface area contributed by atoms with Crippen LogP contribution in [-0.2, 0) is 9.53 Å². The van der Waals surface area contributed by atoms with Crippen LogP contribution < -0.4 is 25.4 Å². The summed E-state index contributed by atoms with van der Waals surface area (Å²) in [6.07, 6.45) is -4.71. The molecule has 3 N–H and O–H groups in total. The lowest BCUT2D eigenvalue weighted by Crippen LogP contribution is -2.41. The highest BCUT2D eigenvalue weighted by Gasteiger charge is 2.45. The largest absolute Gasteiger partial charge is 0.494 e. The first-order chi connectivity index (χ1) is 20.6. The fourth-order valence-corrected chi connectivity index (χ4v) is 5.78. The summed E-state index contributed by atoms with van der Waals surface area (Å²) in [4.78, 5) is 22.4. The zero-order valence-electron chi connectivity index (χ0n) is 24.2. The molecule has 2 aliphatic rings. The third-order valence-electron chi connectivity index (χ3n) is 8.03. The highest BCUT2D eigenvalue weighted by Crippen LogP contribution is 2.42. The van der Waals surface area contributed by atoms with Crippen molar-refractivity contribution < 1.29 is 32.2 Å². The average molecular weight is 600 g/mol. The second kappa shape index (κ2) is 12.7. The lowest BCUT2D eigenvalue weighted by molar-refractivity contribution is -0.198. The Morgan fingerprint density at radius 3 is 2.30 bits per heavy atom. The molecule has 2 atom stereocenters. The number of halogens is 3. The Labute approximate surface area is 248 Å². The summed E-state index contributed by atoms with van der Waals surface area (Å²) in [5.41, 5.74) is 7.41. The van der Waals surface area contributed by atoms with Crippen LogP contribution in [0.3, 0.4) is 0 Å². The van der Waals surface area contributed by atoms with Gasteiger partial charge < -0.3 is 30.2 Å². The minimum atomic E-state index is -4.71. The van der Waals surface area contributed by atoms with Gasteiger partial charge in [0.05, 0.1) is 13.2 Å². The summed E-state index contributed by atoms with van der Waals surface area (Å²) >= 11 is 0. The number of ether oxygens (including phenoxy) is 3. The second-order valence-electron chi connectivity index (χ2n) is 10.9. The fourth-order valence-electron chi connectivity index (χ4n) is 5.78. The summed E-state index contributed by atoms with van der Waals surface area (Å²) in [5, 5.41) is 3.27. The molecule has 3 aromatic rings. The summed E-state index contributed by atoms with van der Waals surface area (Å²) in [5.74, 6) is 0.448. The van der Waals surface area contributed by atoms with Gasteiger partial charge in [0.25, 0.3) is 0 Å². The van der Waals surface area contributed by atoms with Crippen molar-refractivity contribution in [1.82, 2.24) is 15.3 Å². The minimum Gasteiger partial charge on any atom is -0.494 e. The number of benzene rings is 2. The zero-order chi connectivity index (χ0) is 30.6. The molecule has 43 heavy (non-hydrogen) atoms.